The maximum atomic E-state index is 14.3. The Morgan fingerprint density at radius 3 is 2.28 bits per heavy atom. The third kappa shape index (κ3) is 4.37. The smallest absolute Gasteiger partial charge is 0.410 e. The molecule has 0 saturated carbocycles. The van der Waals surface area contributed by atoms with Gasteiger partial charge in [0, 0.05) is 19.2 Å². The van der Waals surface area contributed by atoms with E-state index in [0.717, 1.165) is 6.07 Å². The first kappa shape index (κ1) is 19.0. The van der Waals surface area contributed by atoms with Crippen molar-refractivity contribution >= 4 is 17.5 Å². The Kier molecular flexibility index (Phi) is 5.20. The van der Waals surface area contributed by atoms with Gasteiger partial charge in [0.15, 0.2) is 5.82 Å². The number of hydrogen-bond acceptors (Lipinski definition) is 5. The average Bonchev–Trinajstić information content (AvgIpc) is 2.44. The van der Waals surface area contributed by atoms with Crippen LogP contribution in [0, 0.1) is 15.9 Å². The van der Waals surface area contributed by atoms with Crippen molar-refractivity contribution in [2.75, 3.05) is 18.0 Å². The van der Waals surface area contributed by atoms with Crippen molar-refractivity contribution in [3.63, 3.8) is 0 Å². The van der Waals surface area contributed by atoms with Gasteiger partial charge in [-0.25, -0.2) is 9.18 Å². The highest BCUT2D eigenvalue weighted by atomic mass is 19.1. The first-order chi connectivity index (χ1) is 11.5. The van der Waals surface area contributed by atoms with E-state index in [0.29, 0.717) is 18.8 Å². The summed E-state index contributed by atoms with van der Waals surface area (Å²) in [7, 11) is 0. The second-order valence-electron chi connectivity index (χ2n) is 7.38. The molecule has 0 unspecified atom stereocenters. The van der Waals surface area contributed by atoms with Crippen LogP contribution in [0.3, 0.4) is 0 Å². The number of carbonyl (C=O) groups is 1. The van der Waals surface area contributed by atoms with Crippen LogP contribution in [0.5, 0.6) is 0 Å². The zero-order valence-electron chi connectivity index (χ0n) is 15.2. The number of nitrogens with zero attached hydrogens (tertiary/aromatic N) is 3. The summed E-state index contributed by atoms with van der Waals surface area (Å²) >= 11 is 0. The molecule has 2 atom stereocenters. The summed E-state index contributed by atoms with van der Waals surface area (Å²) in [6.45, 7) is 10.00. The zero-order chi connectivity index (χ0) is 18.9. The predicted octanol–water partition coefficient (Wildman–Crippen LogP) is 3.57. The van der Waals surface area contributed by atoms with E-state index in [1.165, 1.54) is 12.1 Å². The van der Waals surface area contributed by atoms with Gasteiger partial charge < -0.3 is 9.64 Å². The average molecular weight is 353 g/mol. The number of anilines is 1. The van der Waals surface area contributed by atoms with E-state index >= 15 is 0 Å². The first-order valence-electron chi connectivity index (χ1n) is 8.20. The maximum absolute atomic E-state index is 14.3. The summed E-state index contributed by atoms with van der Waals surface area (Å²) in [4.78, 5) is 26.0. The minimum Gasteiger partial charge on any atom is -0.444 e. The molecule has 1 saturated heterocycles. The lowest BCUT2D eigenvalue weighted by Gasteiger charge is -2.45. The molecule has 0 aromatic heterocycles. The molecule has 0 spiro atoms. The van der Waals surface area contributed by atoms with Crippen molar-refractivity contribution < 1.29 is 18.8 Å². The Hall–Kier alpha value is -2.38. The summed E-state index contributed by atoms with van der Waals surface area (Å²) in [6.07, 6.45) is -0.392. The Bertz CT molecular complexity index is 662. The Morgan fingerprint density at radius 2 is 1.84 bits per heavy atom. The third-order valence-electron chi connectivity index (χ3n) is 4.01. The lowest BCUT2D eigenvalue weighted by molar-refractivity contribution is -0.385. The van der Waals surface area contributed by atoms with E-state index in [-0.39, 0.29) is 17.8 Å². The molecule has 2 rings (SSSR count). The number of ether oxygens (including phenoxy) is 1. The predicted molar refractivity (Wildman–Crippen MR) is 92.3 cm³/mol. The van der Waals surface area contributed by atoms with Crippen molar-refractivity contribution in [2.24, 2.45) is 0 Å². The van der Waals surface area contributed by atoms with Crippen LogP contribution in [0.15, 0.2) is 18.2 Å². The topological polar surface area (TPSA) is 75.9 Å². The van der Waals surface area contributed by atoms with Gasteiger partial charge in [-0.2, -0.15) is 0 Å². The third-order valence-corrected chi connectivity index (χ3v) is 4.01. The number of nitro groups is 1. The molecule has 1 amide bonds. The molecule has 1 aliphatic heterocycles. The summed E-state index contributed by atoms with van der Waals surface area (Å²) < 4.78 is 19.7. The van der Waals surface area contributed by atoms with Gasteiger partial charge in [-0.1, -0.05) is 0 Å². The minimum absolute atomic E-state index is 0.187. The minimum atomic E-state index is -0.640. The molecule has 1 heterocycles. The second-order valence-corrected chi connectivity index (χ2v) is 7.38. The molecule has 138 valence electrons. The van der Waals surface area contributed by atoms with Crippen LogP contribution in [0.2, 0.25) is 0 Å². The second kappa shape index (κ2) is 6.85. The largest absolute Gasteiger partial charge is 0.444 e. The van der Waals surface area contributed by atoms with Crippen molar-refractivity contribution in [3.05, 3.63) is 34.1 Å². The molecule has 0 bridgehead atoms. The lowest BCUT2D eigenvalue weighted by Crippen LogP contribution is -2.59. The number of amides is 1. The van der Waals surface area contributed by atoms with Gasteiger partial charge in [0.1, 0.15) is 5.60 Å². The summed E-state index contributed by atoms with van der Waals surface area (Å²) in [5.41, 5.74) is -0.569. The van der Waals surface area contributed by atoms with Gasteiger partial charge in [-0.05, 0) is 40.7 Å². The van der Waals surface area contributed by atoms with Gasteiger partial charge in [-0.3, -0.25) is 15.0 Å². The van der Waals surface area contributed by atoms with E-state index in [1.807, 2.05) is 34.6 Å². The monoisotopic (exact) mass is 353 g/mol. The molecular formula is C17H24FN3O4. The van der Waals surface area contributed by atoms with Crippen LogP contribution in [0.4, 0.5) is 20.6 Å². The van der Waals surface area contributed by atoms with Crippen LogP contribution in [-0.4, -0.2) is 46.7 Å². The first-order valence-corrected chi connectivity index (χ1v) is 8.20. The molecular weight excluding hydrogens is 329 g/mol. The molecule has 1 aromatic rings. The number of non-ortho nitro benzene ring substituents is 1. The summed E-state index contributed by atoms with van der Waals surface area (Å²) in [5, 5.41) is 10.7. The summed E-state index contributed by atoms with van der Waals surface area (Å²) in [6, 6.07) is 3.25. The van der Waals surface area contributed by atoms with Crippen molar-refractivity contribution in [1.82, 2.24) is 4.90 Å². The number of nitro benzene ring substituents is 1. The Balaban J connectivity index is 2.17. The van der Waals surface area contributed by atoms with Gasteiger partial charge in [-0.15, -0.1) is 0 Å². The summed E-state index contributed by atoms with van der Waals surface area (Å²) in [5.74, 6) is -0.640. The van der Waals surface area contributed by atoms with Crippen LogP contribution in [0.1, 0.15) is 34.6 Å². The molecule has 1 aromatic carbocycles. The fourth-order valence-corrected chi connectivity index (χ4v) is 3.06. The molecule has 7 nitrogen and oxygen atoms in total. The van der Waals surface area contributed by atoms with Gasteiger partial charge in [0.05, 0.1) is 28.8 Å². The standard InChI is InChI=1S/C17H24FN3O4/c1-11-9-19(15-7-6-13(21(23)24)8-14(15)18)10-12(2)20(11)16(22)25-17(3,4)5/h6-8,11-12H,9-10H2,1-5H3/t11-,12+. The maximum Gasteiger partial charge on any atom is 0.410 e. The Morgan fingerprint density at radius 1 is 1.28 bits per heavy atom. The van der Waals surface area contributed by atoms with E-state index in [2.05, 4.69) is 0 Å². The van der Waals surface area contributed by atoms with Crippen LogP contribution in [0.25, 0.3) is 0 Å². The molecule has 25 heavy (non-hydrogen) atoms. The van der Waals surface area contributed by atoms with Gasteiger partial charge in [0.2, 0.25) is 0 Å². The van der Waals surface area contributed by atoms with Gasteiger partial charge in [0.25, 0.3) is 5.69 Å². The highest BCUT2D eigenvalue weighted by Gasteiger charge is 2.36. The SMILES string of the molecule is C[C@@H]1CN(c2ccc([N+](=O)[O-])cc2F)C[C@H](C)N1C(=O)OC(C)(C)C. The molecule has 1 fully saturated rings. The van der Waals surface area contributed by atoms with E-state index in [1.54, 1.807) is 9.80 Å². The van der Waals surface area contributed by atoms with Crippen LogP contribution >= 0.6 is 0 Å². The fraction of sp³-hybridized carbons (Fsp3) is 0.588. The quantitative estimate of drug-likeness (QED) is 0.600. The highest BCUT2D eigenvalue weighted by molar-refractivity contribution is 5.70. The number of rotatable bonds is 2. The normalized spacial score (nSPS) is 21.2. The number of hydrogen-bond donors (Lipinski definition) is 0. The van der Waals surface area contributed by atoms with E-state index in [9.17, 15) is 19.3 Å². The number of halogens is 1. The van der Waals surface area contributed by atoms with Crippen molar-refractivity contribution in [1.29, 1.82) is 0 Å². The zero-order valence-corrected chi connectivity index (χ0v) is 15.2. The fourth-order valence-electron chi connectivity index (χ4n) is 3.06. The van der Waals surface area contributed by atoms with E-state index in [4.69, 9.17) is 4.74 Å². The molecule has 1 aliphatic rings. The molecule has 8 heteroatoms. The Labute approximate surface area is 146 Å². The van der Waals surface area contributed by atoms with Crippen LogP contribution < -0.4 is 4.90 Å². The highest BCUT2D eigenvalue weighted by Crippen LogP contribution is 2.28. The number of benzene rings is 1. The van der Waals surface area contributed by atoms with Crippen LogP contribution in [-0.2, 0) is 4.74 Å². The van der Waals surface area contributed by atoms with E-state index < -0.39 is 22.4 Å². The molecule has 0 radical (unpaired) electrons. The van der Waals surface area contributed by atoms with Crippen molar-refractivity contribution in [3.8, 4) is 0 Å². The molecule has 0 N–H and O–H groups in total. The lowest BCUT2D eigenvalue weighted by atomic mass is 10.1. The van der Waals surface area contributed by atoms with Crippen molar-refractivity contribution in [2.45, 2.75) is 52.3 Å². The number of piperazine rings is 1. The number of carbonyl (C=O) groups excluding carboxylic acids is 1. The van der Waals surface area contributed by atoms with Gasteiger partial charge >= 0.3 is 6.09 Å². The molecule has 0 aliphatic carbocycles.